The topological polar surface area (TPSA) is 113 Å². The Morgan fingerprint density at radius 3 is 2.28 bits per heavy atom. The molecule has 0 radical (unpaired) electrons. The normalized spacial score (nSPS) is 15.7. The third kappa shape index (κ3) is 6.83. The summed E-state index contributed by atoms with van der Waals surface area (Å²) in [5, 5.41) is 0. The van der Waals surface area contributed by atoms with Gasteiger partial charge in [0.15, 0.2) is 0 Å². The number of benzene rings is 1. The van der Waals surface area contributed by atoms with Crippen LogP contribution in [0.4, 0.5) is 0 Å². The highest BCUT2D eigenvalue weighted by Gasteiger charge is 2.31. The molecule has 7 nitrogen and oxygen atoms in total. The Bertz CT molecular complexity index is 493. The molecule has 0 aliphatic carbocycles. The Morgan fingerprint density at radius 2 is 1.72 bits per heavy atom. The van der Waals surface area contributed by atoms with Crippen molar-refractivity contribution in [2.45, 2.75) is 0 Å². The van der Waals surface area contributed by atoms with Crippen LogP contribution in [-0.2, 0) is 18.0 Å². The number of phosphoric ester groups is 1. The maximum atomic E-state index is 11.0. The van der Waals surface area contributed by atoms with Crippen molar-refractivity contribution in [1.29, 1.82) is 0 Å². The standard InChI is InChI=1S/C9H12O7P2/c10-17(11,12)16-18(13,14)15-8-4-7-9-5-2-1-3-6-9/h1-7H,8H2,(H,13,14)(H2,10,11,12). The molecule has 0 aliphatic rings. The highest BCUT2D eigenvalue weighted by Crippen LogP contribution is 2.57. The minimum absolute atomic E-state index is 0.317. The molecule has 0 aromatic heterocycles. The van der Waals surface area contributed by atoms with Gasteiger partial charge in [0, 0.05) is 0 Å². The summed E-state index contributed by atoms with van der Waals surface area (Å²) in [6.07, 6.45) is 3.04. The molecule has 1 unspecified atom stereocenters. The van der Waals surface area contributed by atoms with Crippen LogP contribution in [0.2, 0.25) is 0 Å². The quantitative estimate of drug-likeness (QED) is 0.687. The van der Waals surface area contributed by atoms with Crippen LogP contribution in [0.1, 0.15) is 5.56 Å². The van der Waals surface area contributed by atoms with Crippen LogP contribution in [0.25, 0.3) is 6.08 Å². The molecular weight excluding hydrogens is 282 g/mol. The lowest BCUT2D eigenvalue weighted by Crippen LogP contribution is -1.93. The minimum Gasteiger partial charge on any atom is -0.302 e. The molecule has 0 fully saturated rings. The third-order valence-corrected chi connectivity index (χ3v) is 3.81. The van der Waals surface area contributed by atoms with Crippen LogP contribution in [-0.4, -0.2) is 21.3 Å². The molecule has 1 atom stereocenters. The molecular formula is C9H12O7P2. The smallest absolute Gasteiger partial charge is 0.302 e. The zero-order valence-corrected chi connectivity index (χ0v) is 10.9. The van der Waals surface area contributed by atoms with Crippen molar-refractivity contribution in [3.8, 4) is 0 Å². The fraction of sp³-hybridized carbons (Fsp3) is 0.111. The lowest BCUT2D eigenvalue weighted by atomic mass is 10.2. The molecule has 0 saturated heterocycles. The van der Waals surface area contributed by atoms with Gasteiger partial charge in [-0.15, -0.1) is 0 Å². The van der Waals surface area contributed by atoms with Gasteiger partial charge in [0.1, 0.15) is 0 Å². The van der Waals surface area contributed by atoms with E-state index in [1.807, 2.05) is 18.2 Å². The largest absolute Gasteiger partial charge is 0.481 e. The maximum Gasteiger partial charge on any atom is 0.481 e. The maximum absolute atomic E-state index is 11.0. The van der Waals surface area contributed by atoms with Crippen molar-refractivity contribution in [3.63, 3.8) is 0 Å². The Balaban J connectivity index is 2.44. The average Bonchev–Trinajstić information content (AvgIpc) is 2.23. The molecule has 0 amide bonds. The van der Waals surface area contributed by atoms with Crippen molar-refractivity contribution in [2.75, 3.05) is 6.61 Å². The van der Waals surface area contributed by atoms with Gasteiger partial charge < -0.3 is 14.7 Å². The number of phosphoric acid groups is 2. The molecule has 18 heavy (non-hydrogen) atoms. The SMILES string of the molecule is O=P(O)(O)OP(=O)(O)OCC=Cc1ccccc1. The van der Waals surface area contributed by atoms with Crippen LogP contribution in [0, 0.1) is 0 Å². The number of hydrogen-bond donors (Lipinski definition) is 3. The van der Waals surface area contributed by atoms with E-state index in [0.29, 0.717) is 0 Å². The lowest BCUT2D eigenvalue weighted by Gasteiger charge is -2.10. The average molecular weight is 294 g/mol. The zero-order valence-electron chi connectivity index (χ0n) is 9.12. The van der Waals surface area contributed by atoms with Crippen molar-refractivity contribution in [1.82, 2.24) is 0 Å². The Kier molecular flexibility index (Phi) is 5.44. The van der Waals surface area contributed by atoms with E-state index in [-0.39, 0.29) is 6.61 Å². The van der Waals surface area contributed by atoms with Crippen LogP contribution >= 0.6 is 15.6 Å². The Hall–Kier alpha value is -0.780. The molecule has 3 N–H and O–H groups in total. The van der Waals surface area contributed by atoms with Crippen LogP contribution in [0.15, 0.2) is 36.4 Å². The summed E-state index contributed by atoms with van der Waals surface area (Å²) in [6, 6.07) is 9.08. The van der Waals surface area contributed by atoms with Gasteiger partial charge in [-0.25, -0.2) is 9.13 Å². The second-order valence-electron chi connectivity index (χ2n) is 3.15. The number of rotatable bonds is 6. The van der Waals surface area contributed by atoms with E-state index in [9.17, 15) is 9.13 Å². The van der Waals surface area contributed by atoms with E-state index in [1.54, 1.807) is 18.2 Å². The summed E-state index contributed by atoms with van der Waals surface area (Å²) >= 11 is 0. The molecule has 0 aliphatic heterocycles. The highest BCUT2D eigenvalue weighted by atomic mass is 31.3. The molecule has 0 saturated carbocycles. The zero-order chi connectivity index (χ0) is 13.6. The lowest BCUT2D eigenvalue weighted by molar-refractivity contribution is 0.191. The van der Waals surface area contributed by atoms with Crippen LogP contribution in [0.5, 0.6) is 0 Å². The molecule has 9 heteroatoms. The number of hydrogen-bond acceptors (Lipinski definition) is 4. The molecule has 1 rings (SSSR count). The molecule has 0 bridgehead atoms. The highest BCUT2D eigenvalue weighted by molar-refractivity contribution is 7.60. The van der Waals surface area contributed by atoms with Crippen LogP contribution < -0.4 is 0 Å². The van der Waals surface area contributed by atoms with Gasteiger partial charge in [0.25, 0.3) is 0 Å². The molecule has 1 aromatic carbocycles. The van der Waals surface area contributed by atoms with Gasteiger partial charge >= 0.3 is 15.6 Å². The van der Waals surface area contributed by atoms with Crippen molar-refractivity contribution in [3.05, 3.63) is 42.0 Å². The Labute approximate surface area is 104 Å². The second kappa shape index (κ2) is 6.41. The first-order valence-electron chi connectivity index (χ1n) is 4.74. The summed E-state index contributed by atoms with van der Waals surface area (Å²) in [6.45, 7) is -0.317. The van der Waals surface area contributed by atoms with E-state index >= 15 is 0 Å². The van der Waals surface area contributed by atoms with Gasteiger partial charge in [0.05, 0.1) is 6.61 Å². The molecule has 0 heterocycles. The molecule has 1 aromatic rings. The summed E-state index contributed by atoms with van der Waals surface area (Å²) in [4.78, 5) is 25.6. The fourth-order valence-corrected chi connectivity index (χ4v) is 2.58. The predicted molar refractivity (Wildman–Crippen MR) is 64.4 cm³/mol. The second-order valence-corrected chi connectivity index (χ2v) is 5.98. The van der Waals surface area contributed by atoms with Crippen molar-refractivity contribution < 1.29 is 32.6 Å². The summed E-state index contributed by atoms with van der Waals surface area (Å²) in [5.41, 5.74) is 0.852. The van der Waals surface area contributed by atoms with Crippen LogP contribution in [0.3, 0.4) is 0 Å². The van der Waals surface area contributed by atoms with E-state index in [1.165, 1.54) is 6.08 Å². The van der Waals surface area contributed by atoms with Gasteiger partial charge in [-0.2, -0.15) is 4.31 Å². The van der Waals surface area contributed by atoms with Gasteiger partial charge in [-0.1, -0.05) is 42.5 Å². The summed E-state index contributed by atoms with van der Waals surface area (Å²) < 4.78 is 29.3. The van der Waals surface area contributed by atoms with E-state index < -0.39 is 15.6 Å². The first-order valence-corrected chi connectivity index (χ1v) is 7.77. The minimum atomic E-state index is -5.06. The van der Waals surface area contributed by atoms with Gasteiger partial charge in [-0.3, -0.25) is 4.52 Å². The van der Waals surface area contributed by atoms with Crippen molar-refractivity contribution in [2.24, 2.45) is 0 Å². The summed E-state index contributed by atoms with van der Waals surface area (Å²) in [5.74, 6) is 0. The monoisotopic (exact) mass is 294 g/mol. The van der Waals surface area contributed by atoms with Crippen molar-refractivity contribution >= 4 is 21.7 Å². The summed E-state index contributed by atoms with van der Waals surface area (Å²) in [7, 11) is -9.81. The predicted octanol–water partition coefficient (Wildman–Crippen LogP) is 1.93. The van der Waals surface area contributed by atoms with Gasteiger partial charge in [0.2, 0.25) is 0 Å². The Morgan fingerprint density at radius 1 is 1.11 bits per heavy atom. The third-order valence-electron chi connectivity index (χ3n) is 1.65. The first-order chi connectivity index (χ1) is 8.29. The first kappa shape index (κ1) is 15.3. The van der Waals surface area contributed by atoms with E-state index in [2.05, 4.69) is 8.83 Å². The fourth-order valence-electron chi connectivity index (χ4n) is 1.04. The van der Waals surface area contributed by atoms with Gasteiger partial charge in [-0.05, 0) is 5.56 Å². The van der Waals surface area contributed by atoms with E-state index in [4.69, 9.17) is 14.7 Å². The van der Waals surface area contributed by atoms with E-state index in [0.717, 1.165) is 5.56 Å². The molecule has 100 valence electrons. The molecule has 0 spiro atoms.